The maximum Gasteiger partial charge on any atom is 0.0784 e. The molecule has 0 spiro atoms. The highest BCUT2D eigenvalue weighted by Gasteiger charge is 2.25. The van der Waals surface area contributed by atoms with Crippen LogP contribution in [0.4, 0.5) is 0 Å². The normalized spacial score (nSPS) is 13.4. The Labute approximate surface area is 271 Å². The van der Waals surface area contributed by atoms with E-state index in [2.05, 4.69) is 112 Å². The lowest BCUT2D eigenvalue weighted by Crippen LogP contribution is -1.89. The SMILES string of the molecule is CCC1=C(C)c2nc1cc1[nH]c(c(C)c1CC)c(-c1ccc[nH]1)c1nc(cc3[nH]c(c(C)c3CC)c2-c2ccc[nH]2)C(CC)=C1C. The van der Waals surface area contributed by atoms with Crippen LogP contribution in [0.1, 0.15) is 99.4 Å². The predicted molar refractivity (Wildman–Crippen MR) is 194 cm³/mol. The maximum absolute atomic E-state index is 5.45. The molecule has 6 nitrogen and oxygen atoms in total. The molecule has 8 bridgehead atoms. The fourth-order valence-corrected chi connectivity index (χ4v) is 7.81. The number of hydrogen-bond donors (Lipinski definition) is 4. The first-order chi connectivity index (χ1) is 22.3. The molecule has 0 fully saturated rings. The number of rotatable bonds is 6. The molecule has 2 aliphatic rings. The summed E-state index contributed by atoms with van der Waals surface area (Å²) in [6.45, 7) is 17.9. The first-order valence-corrected chi connectivity index (χ1v) is 16.8. The van der Waals surface area contributed by atoms with Crippen molar-refractivity contribution in [3.05, 3.63) is 93.8 Å². The van der Waals surface area contributed by atoms with Gasteiger partial charge in [-0.25, -0.2) is 9.97 Å². The van der Waals surface area contributed by atoms with Gasteiger partial charge >= 0.3 is 0 Å². The molecule has 0 saturated heterocycles. The molecular formula is C40H44N6. The number of nitrogens with one attached hydrogen (secondary N) is 4. The van der Waals surface area contributed by atoms with Crippen LogP contribution in [0.25, 0.3) is 66.9 Å². The Bertz CT molecular complexity index is 2050. The number of H-pyrrole nitrogens is 4. The molecule has 0 saturated carbocycles. The number of aromatic amines is 4. The molecule has 7 rings (SSSR count). The number of nitrogens with zero attached hydrogens (tertiary/aromatic N) is 2. The van der Waals surface area contributed by atoms with Crippen LogP contribution in [0.3, 0.4) is 0 Å². The van der Waals surface area contributed by atoms with Crippen molar-refractivity contribution in [3.8, 4) is 22.5 Å². The van der Waals surface area contributed by atoms with Crippen molar-refractivity contribution in [2.45, 2.75) is 81.1 Å². The van der Waals surface area contributed by atoms with Gasteiger partial charge < -0.3 is 19.9 Å². The van der Waals surface area contributed by atoms with Gasteiger partial charge in [0, 0.05) is 45.9 Å². The van der Waals surface area contributed by atoms with E-state index in [0.717, 1.165) is 93.0 Å². The zero-order chi connectivity index (χ0) is 32.3. The van der Waals surface area contributed by atoms with Gasteiger partial charge in [-0.05, 0) is 134 Å². The Hall–Kier alpha value is -4.84. The Morgan fingerprint density at radius 1 is 0.565 bits per heavy atom. The third-order valence-electron chi connectivity index (χ3n) is 10.2. The largest absolute Gasteiger partial charge is 0.361 e. The lowest BCUT2D eigenvalue weighted by Gasteiger charge is -2.06. The average Bonchev–Trinajstić information content (AvgIpc) is 3.89. The van der Waals surface area contributed by atoms with Crippen LogP contribution in [0.2, 0.25) is 0 Å². The molecule has 46 heavy (non-hydrogen) atoms. The minimum atomic E-state index is 0.901. The summed E-state index contributed by atoms with van der Waals surface area (Å²) in [6, 6.07) is 13.0. The van der Waals surface area contributed by atoms with Crippen LogP contribution in [0.15, 0.2) is 48.8 Å². The minimum absolute atomic E-state index is 0.901. The van der Waals surface area contributed by atoms with E-state index >= 15 is 0 Å². The van der Waals surface area contributed by atoms with E-state index in [1.807, 2.05) is 12.4 Å². The highest BCUT2D eigenvalue weighted by atomic mass is 14.8. The second kappa shape index (κ2) is 11.5. The van der Waals surface area contributed by atoms with Crippen molar-refractivity contribution in [2.24, 2.45) is 0 Å². The average molecular weight is 609 g/mol. The predicted octanol–water partition coefficient (Wildman–Crippen LogP) is 10.7. The van der Waals surface area contributed by atoms with Crippen molar-refractivity contribution in [2.75, 3.05) is 0 Å². The third-order valence-corrected chi connectivity index (χ3v) is 10.2. The fraction of sp³-hybridized carbons (Fsp3) is 0.300. The van der Waals surface area contributed by atoms with E-state index in [1.54, 1.807) is 0 Å². The summed E-state index contributed by atoms with van der Waals surface area (Å²) in [7, 11) is 0. The molecule has 4 N–H and O–H groups in total. The second-order valence-corrected chi connectivity index (χ2v) is 12.6. The summed E-state index contributed by atoms with van der Waals surface area (Å²) in [5, 5.41) is 0. The zero-order valence-electron chi connectivity index (χ0n) is 28.3. The van der Waals surface area contributed by atoms with Crippen LogP contribution >= 0.6 is 0 Å². The molecule has 0 atom stereocenters. The molecule has 0 aromatic carbocycles. The Balaban J connectivity index is 1.78. The van der Waals surface area contributed by atoms with E-state index in [0.29, 0.717) is 0 Å². The molecule has 5 aromatic rings. The van der Waals surface area contributed by atoms with Crippen molar-refractivity contribution in [1.82, 2.24) is 29.9 Å². The molecule has 0 unspecified atom stereocenters. The Morgan fingerprint density at radius 3 is 1.30 bits per heavy atom. The zero-order valence-corrected chi connectivity index (χ0v) is 28.3. The number of hydrogen-bond acceptors (Lipinski definition) is 2. The van der Waals surface area contributed by atoms with Gasteiger partial charge in [0.05, 0.1) is 33.8 Å². The standard InChI is InChI=1S/C40H44N6/c1-9-25-21(5)37-35(29-15-13-17-41-29)38-23(7)27(11-3)33(45-38)20-34-28(12-4)24(8)40(46-34)36(30-16-14-18-42-30)39-22(6)26(10-2)32(44-39)19-31(25)43-37/h13-20,41-43,46H,9-12H2,1-8H3. The molecule has 2 aliphatic heterocycles. The topological polar surface area (TPSA) is 88.9 Å². The van der Waals surface area contributed by atoms with Gasteiger partial charge in [0.1, 0.15) is 0 Å². The molecule has 5 aromatic heterocycles. The molecule has 0 amide bonds. The van der Waals surface area contributed by atoms with E-state index in [9.17, 15) is 0 Å². The summed E-state index contributed by atoms with van der Waals surface area (Å²) in [5.41, 5.74) is 23.1. The second-order valence-electron chi connectivity index (χ2n) is 12.6. The van der Waals surface area contributed by atoms with Gasteiger partial charge in [0.15, 0.2) is 0 Å². The molecular weight excluding hydrogens is 564 g/mol. The summed E-state index contributed by atoms with van der Waals surface area (Å²) < 4.78 is 0. The van der Waals surface area contributed by atoms with Crippen molar-refractivity contribution in [3.63, 3.8) is 0 Å². The molecule has 7 heterocycles. The van der Waals surface area contributed by atoms with Crippen molar-refractivity contribution < 1.29 is 0 Å². The summed E-state index contributed by atoms with van der Waals surface area (Å²) in [6.07, 6.45) is 7.63. The highest BCUT2D eigenvalue weighted by Crippen LogP contribution is 2.43. The van der Waals surface area contributed by atoms with Crippen LogP contribution in [0, 0.1) is 13.8 Å². The fourth-order valence-electron chi connectivity index (χ4n) is 7.81. The maximum atomic E-state index is 5.45. The Kier molecular flexibility index (Phi) is 7.47. The monoisotopic (exact) mass is 608 g/mol. The van der Waals surface area contributed by atoms with Crippen molar-refractivity contribution in [1.29, 1.82) is 0 Å². The van der Waals surface area contributed by atoms with Gasteiger partial charge in [-0.3, -0.25) is 0 Å². The first kappa shape index (κ1) is 29.8. The highest BCUT2D eigenvalue weighted by molar-refractivity contribution is 6.02. The lowest BCUT2D eigenvalue weighted by atomic mass is 9.97. The van der Waals surface area contributed by atoms with Crippen LogP contribution in [-0.4, -0.2) is 29.9 Å². The van der Waals surface area contributed by atoms with E-state index < -0.39 is 0 Å². The molecule has 6 heteroatoms. The summed E-state index contributed by atoms with van der Waals surface area (Å²) >= 11 is 0. The third kappa shape index (κ3) is 4.45. The van der Waals surface area contributed by atoms with Gasteiger partial charge in [0.25, 0.3) is 0 Å². The Morgan fingerprint density at radius 2 is 0.978 bits per heavy atom. The van der Waals surface area contributed by atoms with Gasteiger partial charge in [-0.1, -0.05) is 27.7 Å². The van der Waals surface area contributed by atoms with Gasteiger partial charge in [-0.15, -0.1) is 0 Å². The number of aromatic nitrogens is 6. The first-order valence-electron chi connectivity index (χ1n) is 16.8. The van der Waals surface area contributed by atoms with Crippen LogP contribution < -0.4 is 0 Å². The number of aryl methyl sites for hydroxylation is 4. The quantitative estimate of drug-likeness (QED) is 0.154. The van der Waals surface area contributed by atoms with E-state index in [4.69, 9.17) is 9.97 Å². The summed E-state index contributed by atoms with van der Waals surface area (Å²) in [5.74, 6) is 0. The van der Waals surface area contributed by atoms with Gasteiger partial charge in [-0.2, -0.15) is 0 Å². The molecule has 0 aliphatic carbocycles. The van der Waals surface area contributed by atoms with E-state index in [1.165, 1.54) is 44.5 Å². The van der Waals surface area contributed by atoms with Crippen LogP contribution in [-0.2, 0) is 12.8 Å². The lowest BCUT2D eigenvalue weighted by molar-refractivity contribution is 1.14. The smallest absolute Gasteiger partial charge is 0.0784 e. The van der Waals surface area contributed by atoms with E-state index in [-0.39, 0.29) is 0 Å². The van der Waals surface area contributed by atoms with Gasteiger partial charge in [0.2, 0.25) is 0 Å². The molecule has 234 valence electrons. The summed E-state index contributed by atoms with van der Waals surface area (Å²) in [4.78, 5) is 25.7. The van der Waals surface area contributed by atoms with Crippen molar-refractivity contribution >= 4 is 44.4 Å². The molecule has 0 radical (unpaired) electrons. The minimum Gasteiger partial charge on any atom is -0.361 e. The van der Waals surface area contributed by atoms with Crippen LogP contribution in [0.5, 0.6) is 0 Å². The number of allylic oxidation sites excluding steroid dienone is 4. The number of fused-ring (bicyclic) bond motifs is 8.